The van der Waals surface area contributed by atoms with E-state index >= 15 is 0 Å². The van der Waals surface area contributed by atoms with Crippen LogP contribution in [0.3, 0.4) is 0 Å². The quantitative estimate of drug-likeness (QED) is 0.148. The average Bonchev–Trinajstić information content (AvgIpc) is 3.36. The Kier molecular flexibility index (Phi) is 5.75. The molecule has 2 nitrogen and oxygen atoms in total. The molecule has 45 heavy (non-hydrogen) atoms. The third-order valence-corrected chi connectivity index (χ3v) is 9.57. The molecule has 0 bridgehead atoms. The molecule has 8 aromatic rings. The van der Waals surface area contributed by atoms with E-state index in [-0.39, 0.29) is 10.8 Å². The van der Waals surface area contributed by atoms with Crippen LogP contribution in [0.4, 0.5) is 0 Å². The maximum atomic E-state index is 10.0. The number of hydrogen-bond donors (Lipinski definition) is 0. The fraction of sp³-hybridized carbons (Fsp3) is 0.186. The lowest BCUT2D eigenvalue weighted by Crippen LogP contribution is -2.17. The Morgan fingerprint density at radius 3 is 1.69 bits per heavy atom. The van der Waals surface area contributed by atoms with Crippen LogP contribution in [0.15, 0.2) is 109 Å². The molecule has 218 valence electrons. The molecule has 0 atom stereocenters. The van der Waals surface area contributed by atoms with Gasteiger partial charge in [-0.25, -0.2) is 0 Å². The van der Waals surface area contributed by atoms with Crippen LogP contribution in [-0.4, -0.2) is 4.57 Å². The van der Waals surface area contributed by atoms with Crippen LogP contribution in [0.2, 0.25) is 0 Å². The summed E-state index contributed by atoms with van der Waals surface area (Å²) in [5.41, 5.74) is 9.29. The van der Waals surface area contributed by atoms with Crippen molar-refractivity contribution in [1.82, 2.24) is 4.57 Å². The summed E-state index contributed by atoms with van der Waals surface area (Å²) in [6.45, 7) is 14.0. The van der Waals surface area contributed by atoms with Gasteiger partial charge >= 0.3 is 0 Å². The van der Waals surface area contributed by atoms with Crippen LogP contribution >= 0.6 is 0 Å². The zero-order valence-electron chi connectivity index (χ0n) is 26.8. The number of benzene rings is 7. The molecule has 0 aliphatic heterocycles. The summed E-state index contributed by atoms with van der Waals surface area (Å²) in [6.07, 6.45) is 0. The standard InChI is InChI=1S/C43H36N2/c1-42(2,3)40-32-14-10-11-15-33(32)41(43(4,5)6)35-24-26(16-18-34(35)40)29-21-23-37-39-31(29)20-19-30-27(25-44)17-22-36(38(30)39)45(37)28-12-8-7-9-13-28/h7-24H,1-6H3. The zero-order chi connectivity index (χ0) is 31.2. The Hall–Kier alpha value is -5.13. The van der Waals surface area contributed by atoms with Gasteiger partial charge < -0.3 is 4.57 Å². The van der Waals surface area contributed by atoms with Gasteiger partial charge in [-0.05, 0) is 96.4 Å². The van der Waals surface area contributed by atoms with Crippen molar-refractivity contribution in [3.8, 4) is 22.9 Å². The second-order valence-corrected chi connectivity index (χ2v) is 14.5. The number of para-hydroxylation sites is 1. The van der Waals surface area contributed by atoms with Crippen molar-refractivity contribution in [1.29, 1.82) is 5.26 Å². The molecule has 0 spiro atoms. The third-order valence-electron chi connectivity index (χ3n) is 9.57. The first-order valence-electron chi connectivity index (χ1n) is 15.9. The minimum atomic E-state index is -0.0449. The van der Waals surface area contributed by atoms with E-state index in [0.29, 0.717) is 5.56 Å². The topological polar surface area (TPSA) is 28.7 Å². The first-order valence-corrected chi connectivity index (χ1v) is 15.9. The van der Waals surface area contributed by atoms with Gasteiger partial charge in [0.25, 0.3) is 0 Å². The van der Waals surface area contributed by atoms with Crippen molar-refractivity contribution in [2.75, 3.05) is 0 Å². The van der Waals surface area contributed by atoms with Crippen molar-refractivity contribution >= 4 is 54.1 Å². The largest absolute Gasteiger partial charge is 0.309 e. The summed E-state index contributed by atoms with van der Waals surface area (Å²) in [7, 11) is 0. The molecular formula is C43H36N2. The molecule has 0 aliphatic carbocycles. The second kappa shape index (κ2) is 9.43. The summed E-state index contributed by atoms with van der Waals surface area (Å²) < 4.78 is 2.34. The van der Waals surface area contributed by atoms with Gasteiger partial charge in [-0.3, -0.25) is 0 Å². The molecule has 0 radical (unpaired) electrons. The lowest BCUT2D eigenvalue weighted by atomic mass is 9.73. The summed E-state index contributed by atoms with van der Waals surface area (Å²) >= 11 is 0. The molecular weight excluding hydrogens is 544 g/mol. The van der Waals surface area contributed by atoms with Gasteiger partial charge in [0.15, 0.2) is 0 Å². The van der Waals surface area contributed by atoms with Crippen LogP contribution in [0.1, 0.15) is 58.2 Å². The minimum absolute atomic E-state index is 0.0163. The lowest BCUT2D eigenvalue weighted by molar-refractivity contribution is 0.593. The maximum Gasteiger partial charge on any atom is 0.0998 e. The molecule has 0 saturated heterocycles. The summed E-state index contributed by atoms with van der Waals surface area (Å²) in [4.78, 5) is 0. The van der Waals surface area contributed by atoms with Gasteiger partial charge in [-0.1, -0.05) is 114 Å². The Morgan fingerprint density at radius 1 is 0.511 bits per heavy atom. The Labute approximate surface area is 264 Å². The molecule has 1 heterocycles. The van der Waals surface area contributed by atoms with Gasteiger partial charge in [0.1, 0.15) is 0 Å². The third kappa shape index (κ3) is 3.94. The molecule has 8 rings (SSSR count). The van der Waals surface area contributed by atoms with Gasteiger partial charge in [0, 0.05) is 21.8 Å². The molecule has 0 N–H and O–H groups in total. The van der Waals surface area contributed by atoms with Crippen LogP contribution in [0.5, 0.6) is 0 Å². The molecule has 0 saturated carbocycles. The molecule has 7 aromatic carbocycles. The molecule has 0 unspecified atom stereocenters. The van der Waals surface area contributed by atoms with E-state index in [2.05, 4.69) is 155 Å². The van der Waals surface area contributed by atoms with Gasteiger partial charge in [-0.2, -0.15) is 5.26 Å². The predicted octanol–water partition coefficient (Wildman–Crippen LogP) is 11.8. The van der Waals surface area contributed by atoms with Crippen LogP contribution in [0, 0.1) is 11.3 Å². The summed E-state index contributed by atoms with van der Waals surface area (Å²) in [6, 6.07) is 42.1. The van der Waals surface area contributed by atoms with E-state index in [1.165, 1.54) is 54.6 Å². The number of nitriles is 1. The summed E-state index contributed by atoms with van der Waals surface area (Å²) in [5, 5.41) is 20.0. The van der Waals surface area contributed by atoms with Crippen molar-refractivity contribution in [3.63, 3.8) is 0 Å². The molecule has 0 fully saturated rings. The molecule has 0 aliphatic rings. The zero-order valence-corrected chi connectivity index (χ0v) is 26.8. The van der Waals surface area contributed by atoms with E-state index in [4.69, 9.17) is 0 Å². The van der Waals surface area contributed by atoms with Crippen molar-refractivity contribution in [2.24, 2.45) is 0 Å². The van der Waals surface area contributed by atoms with Crippen molar-refractivity contribution in [3.05, 3.63) is 126 Å². The fourth-order valence-electron chi connectivity index (χ4n) is 7.92. The normalized spacial score (nSPS) is 12.6. The van der Waals surface area contributed by atoms with Crippen LogP contribution in [-0.2, 0) is 10.8 Å². The highest BCUT2D eigenvalue weighted by Gasteiger charge is 2.28. The number of rotatable bonds is 2. The highest BCUT2D eigenvalue weighted by atomic mass is 15.0. The van der Waals surface area contributed by atoms with Crippen LogP contribution < -0.4 is 0 Å². The fourth-order valence-corrected chi connectivity index (χ4v) is 7.92. The molecule has 2 heteroatoms. The monoisotopic (exact) mass is 580 g/mol. The van der Waals surface area contributed by atoms with Crippen LogP contribution in [0.25, 0.3) is 70.9 Å². The van der Waals surface area contributed by atoms with Gasteiger partial charge in [0.2, 0.25) is 0 Å². The van der Waals surface area contributed by atoms with E-state index in [0.717, 1.165) is 27.5 Å². The smallest absolute Gasteiger partial charge is 0.0998 e. The number of aromatic nitrogens is 1. The second-order valence-electron chi connectivity index (χ2n) is 14.5. The molecule has 1 aromatic heterocycles. The Morgan fingerprint density at radius 2 is 1.04 bits per heavy atom. The average molecular weight is 581 g/mol. The van der Waals surface area contributed by atoms with E-state index < -0.39 is 0 Å². The molecule has 0 amide bonds. The number of nitrogens with zero attached hydrogens (tertiary/aromatic N) is 2. The maximum absolute atomic E-state index is 10.0. The number of hydrogen-bond acceptors (Lipinski definition) is 1. The SMILES string of the molecule is CC(C)(C)c1c2ccccc2c(C(C)(C)C)c2cc(-c3ccc4c5c3ccc3c(C#N)ccc(c35)n4-c3ccccc3)ccc12. The first-order chi connectivity index (χ1) is 21.6. The van der Waals surface area contributed by atoms with Gasteiger partial charge in [0.05, 0.1) is 22.7 Å². The van der Waals surface area contributed by atoms with E-state index in [9.17, 15) is 5.26 Å². The lowest BCUT2D eigenvalue weighted by Gasteiger charge is -2.30. The van der Waals surface area contributed by atoms with E-state index in [1.54, 1.807) is 0 Å². The highest BCUT2D eigenvalue weighted by molar-refractivity contribution is 6.27. The van der Waals surface area contributed by atoms with Crippen molar-refractivity contribution in [2.45, 2.75) is 52.4 Å². The number of fused-ring (bicyclic) bond motifs is 2. The van der Waals surface area contributed by atoms with E-state index in [1.807, 2.05) is 6.07 Å². The predicted molar refractivity (Wildman–Crippen MR) is 192 cm³/mol. The Bertz CT molecular complexity index is 2490. The van der Waals surface area contributed by atoms with Crippen molar-refractivity contribution < 1.29 is 0 Å². The minimum Gasteiger partial charge on any atom is -0.309 e. The Balaban J connectivity index is 1.49. The first kappa shape index (κ1) is 27.4. The van der Waals surface area contributed by atoms with Gasteiger partial charge in [-0.15, -0.1) is 0 Å². The summed E-state index contributed by atoms with van der Waals surface area (Å²) in [5.74, 6) is 0. The highest BCUT2D eigenvalue weighted by Crippen LogP contribution is 2.47.